The lowest BCUT2D eigenvalue weighted by molar-refractivity contribution is -0.121. The number of rotatable bonds is 6. The van der Waals surface area contributed by atoms with Crippen LogP contribution in [0.5, 0.6) is 0 Å². The number of nitrogens with zero attached hydrogens (tertiary/aromatic N) is 2. The third-order valence-electron chi connectivity index (χ3n) is 6.27. The van der Waals surface area contributed by atoms with Gasteiger partial charge in [0.15, 0.2) is 12.4 Å². The van der Waals surface area contributed by atoms with Gasteiger partial charge in [0, 0.05) is 25.1 Å². The molecule has 7 nitrogen and oxygen atoms in total. The molecule has 0 aromatic heterocycles. The second-order valence-corrected chi connectivity index (χ2v) is 11.2. The first kappa shape index (κ1) is 26.0. The summed E-state index contributed by atoms with van der Waals surface area (Å²) in [6, 6.07) is 14.6. The molecule has 0 unspecified atom stereocenters. The molecule has 4 rings (SSSR count). The van der Waals surface area contributed by atoms with E-state index in [0.717, 1.165) is 24.4 Å². The Bertz CT molecular complexity index is 1160. The third kappa shape index (κ3) is 6.02. The number of carbonyl (C=O) groups is 4. The zero-order chi connectivity index (χ0) is 25.8. The Morgan fingerprint density at radius 3 is 2.25 bits per heavy atom. The van der Waals surface area contributed by atoms with Gasteiger partial charge in [-0.1, -0.05) is 68.2 Å². The number of Topliss-reactive ketones (excluding diaryl/α,β-unsaturated/α-hetero) is 1. The molecule has 0 bridgehead atoms. The average Bonchev–Trinajstić information content (AvgIpc) is 3.14. The highest BCUT2D eigenvalue weighted by atomic mass is 32.2. The van der Waals surface area contributed by atoms with Crippen LogP contribution in [-0.4, -0.2) is 57.7 Å². The monoisotopic (exact) mass is 524 g/mol. The first-order valence-corrected chi connectivity index (χ1v) is 13.2. The predicted octanol–water partition coefficient (Wildman–Crippen LogP) is 4.35. The fraction of sp³-hybridized carbons (Fsp3) is 0.370. The molecule has 2 aromatic rings. The number of hydrogen-bond donors (Lipinski definition) is 0. The van der Waals surface area contributed by atoms with E-state index in [2.05, 4.69) is 18.7 Å². The Hall–Kier alpha value is -3.04. The molecule has 2 heterocycles. The largest absolute Gasteiger partial charge is 0.454 e. The van der Waals surface area contributed by atoms with Gasteiger partial charge in [0.2, 0.25) is 11.8 Å². The fourth-order valence-corrected chi connectivity index (χ4v) is 6.12. The number of anilines is 1. The van der Waals surface area contributed by atoms with Gasteiger partial charge in [-0.2, -0.15) is 0 Å². The van der Waals surface area contributed by atoms with Crippen molar-refractivity contribution in [1.82, 2.24) is 4.90 Å². The minimum Gasteiger partial charge on any atom is -0.454 e. The number of esters is 1. The van der Waals surface area contributed by atoms with Gasteiger partial charge in [-0.15, -0.1) is 0 Å². The summed E-state index contributed by atoms with van der Waals surface area (Å²) in [5.41, 5.74) is 1.07. The molecular formula is C27H28N2O5S2. The fourth-order valence-electron chi connectivity index (χ4n) is 4.64. The van der Waals surface area contributed by atoms with Gasteiger partial charge in [-0.25, -0.2) is 9.69 Å². The van der Waals surface area contributed by atoms with Crippen LogP contribution < -0.4 is 4.90 Å². The molecule has 36 heavy (non-hydrogen) atoms. The van der Waals surface area contributed by atoms with Crippen molar-refractivity contribution in [2.45, 2.75) is 31.9 Å². The maximum atomic E-state index is 13.1. The van der Waals surface area contributed by atoms with Crippen LogP contribution in [0.2, 0.25) is 0 Å². The molecule has 2 aliphatic heterocycles. The molecule has 2 fully saturated rings. The molecule has 3 atom stereocenters. The van der Waals surface area contributed by atoms with Crippen molar-refractivity contribution in [3.63, 3.8) is 0 Å². The number of amides is 2. The molecule has 0 saturated carbocycles. The Balaban J connectivity index is 1.35. The van der Waals surface area contributed by atoms with E-state index >= 15 is 0 Å². The van der Waals surface area contributed by atoms with Crippen molar-refractivity contribution in [2.75, 3.05) is 24.6 Å². The first-order valence-electron chi connectivity index (χ1n) is 11.9. The number of piperidine rings is 1. The van der Waals surface area contributed by atoms with E-state index in [9.17, 15) is 19.2 Å². The molecule has 2 saturated heterocycles. The van der Waals surface area contributed by atoms with Crippen LogP contribution in [0.25, 0.3) is 0 Å². The number of benzene rings is 2. The van der Waals surface area contributed by atoms with Crippen molar-refractivity contribution < 1.29 is 23.9 Å². The molecular weight excluding hydrogens is 496 g/mol. The smallest absolute Gasteiger partial charge is 0.338 e. The summed E-state index contributed by atoms with van der Waals surface area (Å²) in [4.78, 5) is 53.6. The molecule has 0 spiro atoms. The Kier molecular flexibility index (Phi) is 8.21. The van der Waals surface area contributed by atoms with E-state index in [-0.39, 0.29) is 36.2 Å². The molecule has 188 valence electrons. The van der Waals surface area contributed by atoms with Gasteiger partial charge in [-0.3, -0.25) is 14.4 Å². The number of imide groups is 1. The number of carbonyl (C=O) groups excluding carboxylic acids is 4. The lowest BCUT2D eigenvalue weighted by Crippen LogP contribution is -2.41. The maximum Gasteiger partial charge on any atom is 0.338 e. The van der Waals surface area contributed by atoms with Gasteiger partial charge in [-0.05, 0) is 42.5 Å². The van der Waals surface area contributed by atoms with Crippen LogP contribution >= 0.6 is 24.0 Å². The summed E-state index contributed by atoms with van der Waals surface area (Å²) in [6.07, 6.45) is 1.24. The van der Waals surface area contributed by atoms with E-state index in [1.165, 1.54) is 36.0 Å². The van der Waals surface area contributed by atoms with Crippen molar-refractivity contribution in [2.24, 2.45) is 11.8 Å². The van der Waals surface area contributed by atoms with Gasteiger partial charge in [0.1, 0.15) is 9.57 Å². The maximum absolute atomic E-state index is 13.1. The molecule has 2 aliphatic rings. The lowest BCUT2D eigenvalue weighted by Gasteiger charge is -2.36. The first-order chi connectivity index (χ1) is 17.2. The minimum absolute atomic E-state index is 0.0774. The summed E-state index contributed by atoms with van der Waals surface area (Å²) in [6.45, 7) is 5.75. The summed E-state index contributed by atoms with van der Waals surface area (Å²) < 4.78 is 5.78. The predicted molar refractivity (Wildman–Crippen MR) is 143 cm³/mol. The van der Waals surface area contributed by atoms with Crippen LogP contribution in [0.1, 0.15) is 47.4 Å². The highest BCUT2D eigenvalue weighted by Crippen LogP contribution is 2.33. The molecule has 9 heteroatoms. The standard InChI is InChI=1S/C27H28N2O5S2/c1-17-12-18(2)15-28(14-17)27(35)36-23-13-24(31)29(25(23)32)21-10-8-20(9-11-21)26(33)34-16-22(30)19-6-4-3-5-7-19/h3-11,17-18,23H,12-16H2,1-2H3/t17-,18+,23-/m0/s1. The Morgan fingerprint density at radius 2 is 1.61 bits per heavy atom. The van der Waals surface area contributed by atoms with Crippen LogP contribution in [0.4, 0.5) is 5.69 Å². The van der Waals surface area contributed by atoms with Gasteiger partial charge < -0.3 is 9.64 Å². The summed E-state index contributed by atoms with van der Waals surface area (Å²) in [7, 11) is 0. The van der Waals surface area contributed by atoms with Crippen LogP contribution in [0, 0.1) is 11.8 Å². The van der Waals surface area contributed by atoms with Crippen molar-refractivity contribution in [3.05, 3.63) is 65.7 Å². The molecule has 0 N–H and O–H groups in total. The molecule has 2 amide bonds. The van der Waals surface area contributed by atoms with Crippen molar-refractivity contribution in [3.8, 4) is 0 Å². The van der Waals surface area contributed by atoms with Gasteiger partial charge in [0.05, 0.1) is 11.3 Å². The van der Waals surface area contributed by atoms with E-state index in [1.807, 2.05) is 0 Å². The normalized spacial score (nSPS) is 22.0. The van der Waals surface area contributed by atoms with Crippen LogP contribution in [0.15, 0.2) is 54.6 Å². The molecule has 0 aliphatic carbocycles. The molecule has 2 aromatic carbocycles. The topological polar surface area (TPSA) is 84.0 Å². The number of ketones is 1. The minimum atomic E-state index is -0.659. The lowest BCUT2D eigenvalue weighted by atomic mass is 9.92. The van der Waals surface area contributed by atoms with Gasteiger partial charge >= 0.3 is 5.97 Å². The number of likely N-dealkylation sites (tertiary alicyclic amines) is 1. The van der Waals surface area contributed by atoms with Crippen molar-refractivity contribution >= 4 is 57.6 Å². The quantitative estimate of drug-likeness (QED) is 0.239. The van der Waals surface area contributed by atoms with Crippen molar-refractivity contribution in [1.29, 1.82) is 0 Å². The third-order valence-corrected chi connectivity index (χ3v) is 7.93. The highest BCUT2D eigenvalue weighted by Gasteiger charge is 2.41. The van der Waals surface area contributed by atoms with Gasteiger partial charge in [0.25, 0.3) is 0 Å². The van der Waals surface area contributed by atoms with E-state index in [1.54, 1.807) is 30.3 Å². The van der Waals surface area contributed by atoms with E-state index in [4.69, 9.17) is 17.0 Å². The number of thiocarbonyl (C=S) groups is 1. The molecule has 0 radical (unpaired) electrons. The summed E-state index contributed by atoms with van der Waals surface area (Å²) in [5, 5.41) is -0.564. The SMILES string of the molecule is C[C@@H]1C[C@H](C)CN(C(=S)S[C@H]2CC(=O)N(c3ccc(C(=O)OCC(=O)c4ccccc4)cc3)C2=O)C1. The average molecular weight is 525 g/mol. The number of hydrogen-bond acceptors (Lipinski definition) is 7. The van der Waals surface area contributed by atoms with E-state index in [0.29, 0.717) is 27.4 Å². The number of thioether (sulfide) groups is 1. The highest BCUT2D eigenvalue weighted by molar-refractivity contribution is 8.23. The van der Waals surface area contributed by atoms with E-state index < -0.39 is 11.2 Å². The zero-order valence-electron chi connectivity index (χ0n) is 20.2. The Labute approximate surface area is 220 Å². The number of ether oxygens (including phenoxy) is 1. The summed E-state index contributed by atoms with van der Waals surface area (Å²) >= 11 is 6.90. The second-order valence-electron chi connectivity index (χ2n) is 9.41. The summed E-state index contributed by atoms with van der Waals surface area (Å²) in [5.74, 6) is -0.506. The second kappa shape index (κ2) is 11.3. The zero-order valence-corrected chi connectivity index (χ0v) is 21.8. The Morgan fingerprint density at radius 1 is 0.972 bits per heavy atom. The van der Waals surface area contributed by atoms with Crippen LogP contribution in [-0.2, 0) is 14.3 Å². The van der Waals surface area contributed by atoms with Crippen LogP contribution in [0.3, 0.4) is 0 Å².